The van der Waals surface area contributed by atoms with E-state index in [1.54, 1.807) is 21.6 Å². The zero-order valence-electron chi connectivity index (χ0n) is 15.3. The maximum Gasteiger partial charge on any atom is -1.00 e. The first-order chi connectivity index (χ1) is 11.5. The van der Waals surface area contributed by atoms with Crippen LogP contribution >= 0.6 is 0 Å². The first-order valence-electron chi connectivity index (χ1n) is 8.21. The average molecular weight is 488 g/mol. The van der Waals surface area contributed by atoms with Crippen molar-refractivity contribution in [2.45, 2.75) is 25.4 Å². The molecule has 3 heteroatoms. The third-order valence-corrected chi connectivity index (χ3v) is 3.52. The Hall–Kier alpha value is -0.624. The predicted octanol–water partition coefficient (Wildman–Crippen LogP) is 3.52. The summed E-state index contributed by atoms with van der Waals surface area (Å²) < 4.78 is 0. The zero-order chi connectivity index (χ0) is 17.5. The fourth-order valence-electron chi connectivity index (χ4n) is 2.61. The van der Waals surface area contributed by atoms with Crippen LogP contribution in [0.5, 0.6) is 0 Å². The minimum atomic E-state index is -0.243. The quantitative estimate of drug-likeness (QED) is 0.263. The van der Waals surface area contributed by atoms with E-state index in [0.29, 0.717) is 0 Å². The molecule has 0 aliphatic rings. The molecule has 0 saturated heterocycles. The molecular formula is C22H24ClGeZr-3. The van der Waals surface area contributed by atoms with Gasteiger partial charge in [0.1, 0.15) is 0 Å². The molecule has 0 nitrogen and oxygen atoms in total. The fraction of sp³-hybridized carbons (Fsp3) is 0.182. The third kappa shape index (κ3) is 7.65. The van der Waals surface area contributed by atoms with E-state index in [2.05, 4.69) is 98.2 Å². The van der Waals surface area contributed by atoms with Crippen LogP contribution in [0.2, 0.25) is 11.5 Å². The van der Waals surface area contributed by atoms with Gasteiger partial charge in [-0.15, -0.1) is 81.2 Å². The molecule has 0 fully saturated rings. The Balaban J connectivity index is 0.000000201. The summed E-state index contributed by atoms with van der Waals surface area (Å²) in [6.07, 6.45) is 0. The Kier molecular flexibility index (Phi) is 10.0. The SMILES string of the molecule is Cc1cc2ccccc2[cH-]1.Cc1cc2ccccc2[cH-]1.[CH3][Ge]([CH3])=[Zr].[Cl-]. The monoisotopic (exact) mass is 487 g/mol. The molecule has 0 aliphatic carbocycles. The van der Waals surface area contributed by atoms with Gasteiger partial charge in [0.2, 0.25) is 0 Å². The predicted molar refractivity (Wildman–Crippen MR) is 106 cm³/mol. The molecule has 0 saturated carbocycles. The van der Waals surface area contributed by atoms with Crippen molar-refractivity contribution in [2.75, 3.05) is 0 Å². The van der Waals surface area contributed by atoms with E-state index in [1.165, 1.54) is 32.7 Å². The minimum Gasteiger partial charge on any atom is -1.00 e. The molecule has 4 aromatic rings. The van der Waals surface area contributed by atoms with Gasteiger partial charge in [-0.1, -0.05) is 26.0 Å². The van der Waals surface area contributed by atoms with E-state index in [0.717, 1.165) is 0 Å². The molecule has 4 rings (SSSR count). The van der Waals surface area contributed by atoms with Crippen molar-refractivity contribution >= 4 is 31.5 Å². The maximum atomic E-state index is 2.37. The number of rotatable bonds is 0. The van der Waals surface area contributed by atoms with Crippen molar-refractivity contribution < 1.29 is 34.0 Å². The van der Waals surface area contributed by atoms with Gasteiger partial charge in [-0.3, -0.25) is 0 Å². The topological polar surface area (TPSA) is 0 Å². The molecule has 130 valence electrons. The molecule has 25 heavy (non-hydrogen) atoms. The molecule has 0 unspecified atom stereocenters. The number of benzene rings is 2. The Morgan fingerprint density at radius 3 is 1.36 bits per heavy atom. The first-order valence-corrected chi connectivity index (χ1v) is 19.8. The molecule has 0 amide bonds. The van der Waals surface area contributed by atoms with Crippen LogP contribution in [0.4, 0.5) is 0 Å². The number of hydrogen-bond donors (Lipinski definition) is 0. The number of hydrogen-bond acceptors (Lipinski definition) is 0. The summed E-state index contributed by atoms with van der Waals surface area (Å²) >= 11 is 1.80. The van der Waals surface area contributed by atoms with Gasteiger partial charge < -0.3 is 12.4 Å². The van der Waals surface area contributed by atoms with Crippen LogP contribution in [0, 0.1) is 13.8 Å². The number of aryl methyl sites for hydroxylation is 2. The normalized spacial score (nSPS) is 9.40. The summed E-state index contributed by atoms with van der Waals surface area (Å²) in [4.78, 5) is 0. The van der Waals surface area contributed by atoms with Gasteiger partial charge in [0.05, 0.1) is 0 Å². The van der Waals surface area contributed by atoms with Crippen LogP contribution in [0.1, 0.15) is 11.1 Å². The molecule has 0 aliphatic heterocycles. The summed E-state index contributed by atoms with van der Waals surface area (Å²) in [6.45, 7) is 4.25. The summed E-state index contributed by atoms with van der Waals surface area (Å²) in [5, 5.41) is 5.39. The Bertz CT molecular complexity index is 791. The van der Waals surface area contributed by atoms with Crippen molar-refractivity contribution in [1.29, 1.82) is 0 Å². The number of fused-ring (bicyclic) bond motifs is 2. The molecule has 0 heterocycles. The van der Waals surface area contributed by atoms with Crippen LogP contribution in [0.25, 0.3) is 21.5 Å². The van der Waals surface area contributed by atoms with Gasteiger partial charge >= 0.3 is 43.1 Å². The molecule has 0 atom stereocenters. The van der Waals surface area contributed by atoms with Crippen molar-refractivity contribution in [2.24, 2.45) is 0 Å². The standard InChI is InChI=1S/2C10H9.C2H6Ge.ClH.Zr/c2*1-8-6-9-4-2-3-5-10(9)7-8;1-3-2;;/h2*2-7H,1H3;1-2H3;1H;/q2*-1;;;/p-1. The number of halogens is 1. The largest absolute Gasteiger partial charge is 1.00 e. The van der Waals surface area contributed by atoms with Crippen LogP contribution in [-0.4, -0.2) is 9.98 Å². The Morgan fingerprint density at radius 2 is 1.04 bits per heavy atom. The summed E-state index contributed by atoms with van der Waals surface area (Å²) in [7, 11) is -0.243. The van der Waals surface area contributed by atoms with E-state index in [9.17, 15) is 0 Å². The smallest absolute Gasteiger partial charge is 1.00 e. The van der Waals surface area contributed by atoms with E-state index < -0.39 is 0 Å². The van der Waals surface area contributed by atoms with Crippen molar-refractivity contribution in [3.8, 4) is 0 Å². The molecule has 0 bridgehead atoms. The summed E-state index contributed by atoms with van der Waals surface area (Å²) in [5.41, 5.74) is 2.70. The molecule has 4 aromatic carbocycles. The van der Waals surface area contributed by atoms with E-state index >= 15 is 0 Å². The molecule has 0 aromatic heterocycles. The summed E-state index contributed by atoms with van der Waals surface area (Å²) in [5.74, 6) is 4.75. The van der Waals surface area contributed by atoms with Crippen LogP contribution in [0.15, 0.2) is 72.8 Å². The molecule has 0 radical (unpaired) electrons. The first kappa shape index (κ1) is 22.4. The Labute approximate surface area is 173 Å². The van der Waals surface area contributed by atoms with E-state index in [1.807, 2.05) is 0 Å². The van der Waals surface area contributed by atoms with E-state index in [-0.39, 0.29) is 22.4 Å². The molecule has 0 N–H and O–H groups in total. The van der Waals surface area contributed by atoms with Crippen molar-refractivity contribution in [3.05, 3.63) is 83.9 Å². The van der Waals surface area contributed by atoms with Crippen molar-refractivity contribution in [3.63, 3.8) is 0 Å². The minimum absolute atomic E-state index is 0. The second-order valence-corrected chi connectivity index (χ2v) is 23.3. The van der Waals surface area contributed by atoms with Crippen molar-refractivity contribution in [1.82, 2.24) is 0 Å². The van der Waals surface area contributed by atoms with E-state index in [4.69, 9.17) is 0 Å². The summed E-state index contributed by atoms with van der Waals surface area (Å²) in [6, 6.07) is 25.7. The van der Waals surface area contributed by atoms with Gasteiger partial charge in [-0.25, -0.2) is 0 Å². The average Bonchev–Trinajstić information content (AvgIpc) is 3.07. The molecule has 0 spiro atoms. The van der Waals surface area contributed by atoms with Gasteiger partial charge in [0.15, 0.2) is 0 Å². The van der Waals surface area contributed by atoms with Gasteiger partial charge in [-0.05, 0) is 0 Å². The maximum absolute atomic E-state index is 2.37. The fourth-order valence-corrected chi connectivity index (χ4v) is 2.61. The zero-order valence-corrected chi connectivity index (χ0v) is 20.6. The van der Waals surface area contributed by atoms with Gasteiger partial charge in [0.25, 0.3) is 0 Å². The second kappa shape index (κ2) is 11.2. The van der Waals surface area contributed by atoms with Crippen LogP contribution < -0.4 is 12.4 Å². The van der Waals surface area contributed by atoms with Gasteiger partial charge in [0, 0.05) is 0 Å². The second-order valence-electron chi connectivity index (χ2n) is 6.32. The van der Waals surface area contributed by atoms with Gasteiger partial charge in [-0.2, -0.15) is 12.1 Å². The third-order valence-electron chi connectivity index (χ3n) is 3.52. The van der Waals surface area contributed by atoms with Crippen LogP contribution in [0.3, 0.4) is 0 Å². The molecular weight excluding hydrogens is 464 g/mol. The van der Waals surface area contributed by atoms with Crippen LogP contribution in [-0.2, 0) is 21.6 Å². The Morgan fingerprint density at radius 1 is 0.720 bits per heavy atom.